The third-order valence-corrected chi connectivity index (χ3v) is 3.02. The molecule has 0 saturated carbocycles. The van der Waals surface area contributed by atoms with Crippen molar-refractivity contribution in [3.05, 3.63) is 23.8 Å². The fourth-order valence-electron chi connectivity index (χ4n) is 1.59. The van der Waals surface area contributed by atoms with E-state index < -0.39 is 12.2 Å². The first-order chi connectivity index (χ1) is 10.3. The van der Waals surface area contributed by atoms with Crippen LogP contribution in [0.15, 0.2) is 18.2 Å². The van der Waals surface area contributed by atoms with Crippen LogP contribution in [0.4, 0.5) is 15.3 Å². The molecule has 0 aliphatic carbocycles. The molecule has 0 aliphatic rings. The zero-order chi connectivity index (χ0) is 16.7. The second-order valence-corrected chi connectivity index (χ2v) is 4.76. The number of nitrogen functional groups attached to an aromatic ring is 1. The topological polar surface area (TPSA) is 105 Å². The predicted molar refractivity (Wildman–Crippen MR) is 80.4 cm³/mol. The lowest BCUT2D eigenvalue weighted by molar-refractivity contribution is 0.0975. The zero-order valence-corrected chi connectivity index (χ0v) is 12.9. The number of amides is 2. The standard InChI is InChI=1S/C14H21N3O5/c1-16(13(19)21-3)6-7-17(2)14(20)22-9-10-4-5-12(18)11(15)8-10/h4-5,8,18H,6-7,9,15H2,1-3H3. The van der Waals surface area contributed by atoms with Crippen molar-refractivity contribution < 1.29 is 24.2 Å². The van der Waals surface area contributed by atoms with E-state index in [-0.39, 0.29) is 18.0 Å². The van der Waals surface area contributed by atoms with Gasteiger partial charge in [-0.3, -0.25) is 0 Å². The molecule has 0 fully saturated rings. The van der Waals surface area contributed by atoms with Crippen LogP contribution >= 0.6 is 0 Å². The highest BCUT2D eigenvalue weighted by molar-refractivity contribution is 5.68. The largest absolute Gasteiger partial charge is 0.506 e. The second-order valence-electron chi connectivity index (χ2n) is 4.76. The van der Waals surface area contributed by atoms with Gasteiger partial charge >= 0.3 is 12.2 Å². The average Bonchev–Trinajstić information content (AvgIpc) is 2.52. The molecule has 122 valence electrons. The quantitative estimate of drug-likeness (QED) is 0.626. The SMILES string of the molecule is COC(=O)N(C)CCN(C)C(=O)OCc1ccc(O)c(N)c1. The van der Waals surface area contributed by atoms with E-state index in [4.69, 9.17) is 10.5 Å². The number of rotatable bonds is 5. The summed E-state index contributed by atoms with van der Waals surface area (Å²) < 4.78 is 9.67. The number of aromatic hydroxyl groups is 1. The monoisotopic (exact) mass is 311 g/mol. The number of methoxy groups -OCH3 is 1. The van der Waals surface area contributed by atoms with Crippen molar-refractivity contribution in [2.75, 3.05) is 40.0 Å². The fraction of sp³-hybridized carbons (Fsp3) is 0.429. The zero-order valence-electron chi connectivity index (χ0n) is 12.9. The van der Waals surface area contributed by atoms with E-state index in [1.54, 1.807) is 20.2 Å². The van der Waals surface area contributed by atoms with Gasteiger partial charge in [-0.25, -0.2) is 9.59 Å². The Kier molecular flexibility index (Phi) is 6.30. The van der Waals surface area contributed by atoms with Crippen molar-refractivity contribution in [3.8, 4) is 5.75 Å². The Morgan fingerprint density at radius 2 is 1.77 bits per heavy atom. The summed E-state index contributed by atoms with van der Waals surface area (Å²) in [6.07, 6.45) is -0.994. The maximum absolute atomic E-state index is 11.8. The number of phenols is 1. The molecule has 0 radical (unpaired) electrons. The molecule has 0 aromatic heterocycles. The summed E-state index contributed by atoms with van der Waals surface area (Å²) in [4.78, 5) is 25.7. The van der Waals surface area contributed by atoms with Crippen LogP contribution in [0.2, 0.25) is 0 Å². The van der Waals surface area contributed by atoms with Crippen LogP contribution < -0.4 is 5.73 Å². The highest BCUT2D eigenvalue weighted by Gasteiger charge is 2.14. The van der Waals surface area contributed by atoms with Gasteiger partial charge in [0.15, 0.2) is 0 Å². The Bertz CT molecular complexity index is 535. The summed E-state index contributed by atoms with van der Waals surface area (Å²) in [7, 11) is 4.43. The molecule has 0 bridgehead atoms. The summed E-state index contributed by atoms with van der Waals surface area (Å²) in [6.45, 7) is 0.674. The number of benzene rings is 1. The first-order valence-corrected chi connectivity index (χ1v) is 6.59. The van der Waals surface area contributed by atoms with Crippen molar-refractivity contribution >= 4 is 17.9 Å². The molecule has 0 aliphatic heterocycles. The van der Waals surface area contributed by atoms with Crippen molar-refractivity contribution in [1.29, 1.82) is 0 Å². The van der Waals surface area contributed by atoms with Gasteiger partial charge < -0.3 is 30.1 Å². The minimum atomic E-state index is -0.523. The maximum atomic E-state index is 11.8. The molecule has 3 N–H and O–H groups in total. The molecule has 0 unspecified atom stereocenters. The summed E-state index contributed by atoms with van der Waals surface area (Å²) in [5.74, 6) is -0.0157. The molecule has 0 heterocycles. The summed E-state index contributed by atoms with van der Waals surface area (Å²) in [5, 5.41) is 9.31. The first-order valence-electron chi connectivity index (χ1n) is 6.59. The van der Waals surface area contributed by atoms with E-state index in [1.807, 2.05) is 0 Å². The molecule has 0 atom stereocenters. The molecular weight excluding hydrogens is 290 g/mol. The minimum absolute atomic E-state index is 0.0157. The lowest BCUT2D eigenvalue weighted by Crippen LogP contribution is -2.37. The van der Waals surface area contributed by atoms with Gasteiger partial charge in [0.25, 0.3) is 0 Å². The molecule has 1 aromatic carbocycles. The molecule has 22 heavy (non-hydrogen) atoms. The normalized spacial score (nSPS) is 9.95. The number of anilines is 1. The summed E-state index contributed by atoms with van der Waals surface area (Å²) in [6, 6.07) is 4.59. The average molecular weight is 311 g/mol. The van der Waals surface area contributed by atoms with E-state index in [1.165, 1.54) is 29.0 Å². The van der Waals surface area contributed by atoms with Crippen molar-refractivity contribution in [3.63, 3.8) is 0 Å². The van der Waals surface area contributed by atoms with Gasteiger partial charge in [0.1, 0.15) is 12.4 Å². The van der Waals surface area contributed by atoms with Gasteiger partial charge in [-0.05, 0) is 17.7 Å². The maximum Gasteiger partial charge on any atom is 0.409 e. The Morgan fingerprint density at radius 3 is 2.32 bits per heavy atom. The van der Waals surface area contributed by atoms with Crippen LogP contribution in [-0.2, 0) is 16.1 Å². The smallest absolute Gasteiger partial charge is 0.409 e. The van der Waals surface area contributed by atoms with Crippen molar-refractivity contribution in [1.82, 2.24) is 9.80 Å². The highest BCUT2D eigenvalue weighted by Crippen LogP contribution is 2.20. The van der Waals surface area contributed by atoms with E-state index in [0.717, 1.165) is 0 Å². The highest BCUT2D eigenvalue weighted by atomic mass is 16.6. The van der Waals surface area contributed by atoms with Gasteiger partial charge in [0, 0.05) is 27.2 Å². The molecule has 1 aromatic rings. The number of hydrogen-bond donors (Lipinski definition) is 2. The predicted octanol–water partition coefficient (Wildman–Crippen LogP) is 1.24. The van der Waals surface area contributed by atoms with Crippen LogP contribution in [0.3, 0.4) is 0 Å². The van der Waals surface area contributed by atoms with Crippen LogP contribution in [0.5, 0.6) is 5.75 Å². The fourth-order valence-corrected chi connectivity index (χ4v) is 1.59. The van der Waals surface area contributed by atoms with E-state index >= 15 is 0 Å². The summed E-state index contributed by atoms with van der Waals surface area (Å²) in [5.41, 5.74) is 6.45. The third kappa shape index (κ3) is 5.04. The van der Waals surface area contributed by atoms with Crippen molar-refractivity contribution in [2.24, 2.45) is 0 Å². The van der Waals surface area contributed by atoms with Gasteiger partial charge in [-0.1, -0.05) is 6.07 Å². The number of phenolic OH excluding ortho intramolecular Hbond substituents is 1. The van der Waals surface area contributed by atoms with E-state index in [0.29, 0.717) is 18.7 Å². The van der Waals surface area contributed by atoms with Crippen LogP contribution in [0.1, 0.15) is 5.56 Å². The van der Waals surface area contributed by atoms with Crippen LogP contribution in [0, 0.1) is 0 Å². The Hall–Kier alpha value is -2.64. The van der Waals surface area contributed by atoms with Crippen molar-refractivity contribution in [2.45, 2.75) is 6.61 Å². The Balaban J connectivity index is 2.41. The summed E-state index contributed by atoms with van der Waals surface area (Å²) >= 11 is 0. The number of carbonyl (C=O) groups excluding carboxylic acids is 2. The van der Waals surface area contributed by atoms with Gasteiger partial charge in [-0.2, -0.15) is 0 Å². The number of likely N-dealkylation sites (N-methyl/N-ethyl adjacent to an activating group) is 2. The Morgan fingerprint density at radius 1 is 1.18 bits per heavy atom. The van der Waals surface area contributed by atoms with E-state index in [2.05, 4.69) is 4.74 Å². The lowest BCUT2D eigenvalue weighted by Gasteiger charge is -2.21. The van der Waals surface area contributed by atoms with Gasteiger partial charge in [-0.15, -0.1) is 0 Å². The minimum Gasteiger partial charge on any atom is -0.506 e. The number of hydrogen-bond acceptors (Lipinski definition) is 6. The molecule has 0 spiro atoms. The first kappa shape index (κ1) is 17.4. The lowest BCUT2D eigenvalue weighted by atomic mass is 10.2. The van der Waals surface area contributed by atoms with Crippen LogP contribution in [-0.4, -0.2) is 61.4 Å². The number of carbonyl (C=O) groups is 2. The molecule has 0 saturated heterocycles. The number of nitrogens with two attached hydrogens (primary N) is 1. The number of nitrogens with zero attached hydrogens (tertiary/aromatic N) is 2. The molecule has 8 heteroatoms. The van der Waals surface area contributed by atoms with E-state index in [9.17, 15) is 14.7 Å². The van der Waals surface area contributed by atoms with Crippen LogP contribution in [0.25, 0.3) is 0 Å². The van der Waals surface area contributed by atoms with Gasteiger partial charge in [0.2, 0.25) is 0 Å². The second kappa shape index (κ2) is 7.96. The third-order valence-electron chi connectivity index (χ3n) is 3.02. The Labute approximate surface area is 129 Å². The van der Waals surface area contributed by atoms with Gasteiger partial charge in [0.05, 0.1) is 12.8 Å². The molecule has 2 amide bonds. The number of ether oxygens (including phenoxy) is 2. The molecular formula is C14H21N3O5. The molecule has 1 rings (SSSR count). The molecule has 8 nitrogen and oxygen atoms in total.